The van der Waals surface area contributed by atoms with Gasteiger partial charge in [-0.05, 0) is 19.8 Å². The Morgan fingerprint density at radius 2 is 1.73 bits per heavy atom. The van der Waals surface area contributed by atoms with Crippen LogP contribution in [0.2, 0.25) is 0 Å². The van der Waals surface area contributed by atoms with E-state index in [1.54, 1.807) is 0 Å². The minimum atomic E-state index is 0.532. The van der Waals surface area contributed by atoms with Gasteiger partial charge >= 0.3 is 0 Å². The molecule has 11 heavy (non-hydrogen) atoms. The molecule has 0 fully saturated rings. The Kier molecular flexibility index (Phi) is 8.03. The zero-order valence-corrected chi connectivity index (χ0v) is 8.23. The van der Waals surface area contributed by atoms with Crippen LogP contribution in [0.25, 0.3) is 0 Å². The second kappa shape index (κ2) is 8.06. The number of ether oxygens (including phenoxy) is 1. The van der Waals surface area contributed by atoms with Gasteiger partial charge in [0, 0.05) is 6.61 Å². The molecule has 1 atom stereocenters. The average molecular weight is 158 g/mol. The number of hydrogen-bond donors (Lipinski definition) is 0. The second-order valence-electron chi connectivity index (χ2n) is 3.01. The van der Waals surface area contributed by atoms with Crippen LogP contribution in [-0.4, -0.2) is 12.7 Å². The van der Waals surface area contributed by atoms with Crippen LogP contribution in [-0.2, 0) is 4.74 Å². The Bertz CT molecular complexity index is 65.3. The van der Waals surface area contributed by atoms with Crippen LogP contribution in [0.4, 0.5) is 0 Å². The molecule has 0 heterocycles. The van der Waals surface area contributed by atoms with E-state index in [0.29, 0.717) is 6.10 Å². The van der Waals surface area contributed by atoms with Gasteiger partial charge in [0.05, 0.1) is 6.10 Å². The third kappa shape index (κ3) is 6.36. The molecule has 1 nitrogen and oxygen atoms in total. The van der Waals surface area contributed by atoms with E-state index in [4.69, 9.17) is 4.74 Å². The Morgan fingerprint density at radius 3 is 2.18 bits per heavy atom. The molecule has 0 amide bonds. The summed E-state index contributed by atoms with van der Waals surface area (Å²) in [6, 6.07) is 0. The molecule has 0 aliphatic carbocycles. The molecule has 0 aliphatic heterocycles. The van der Waals surface area contributed by atoms with E-state index >= 15 is 0 Å². The fraction of sp³-hybridized carbons (Fsp3) is 1.00. The summed E-state index contributed by atoms with van der Waals surface area (Å²) in [5, 5.41) is 0. The molecule has 0 aromatic heterocycles. The first kappa shape index (κ1) is 11.0. The van der Waals surface area contributed by atoms with Gasteiger partial charge in [-0.1, -0.05) is 33.1 Å². The van der Waals surface area contributed by atoms with Crippen LogP contribution in [0.1, 0.15) is 52.9 Å². The third-order valence-corrected chi connectivity index (χ3v) is 1.89. The Balaban J connectivity index is 3.34. The lowest BCUT2D eigenvalue weighted by Gasteiger charge is -2.15. The summed E-state index contributed by atoms with van der Waals surface area (Å²) >= 11 is 0. The van der Waals surface area contributed by atoms with Gasteiger partial charge in [0.2, 0.25) is 0 Å². The van der Waals surface area contributed by atoms with Crippen molar-refractivity contribution in [3.8, 4) is 0 Å². The summed E-state index contributed by atoms with van der Waals surface area (Å²) in [6.45, 7) is 7.40. The Labute approximate surface area is 71.1 Å². The summed E-state index contributed by atoms with van der Waals surface area (Å²) in [5.74, 6) is 0. The van der Waals surface area contributed by atoms with Crippen molar-refractivity contribution in [3.05, 3.63) is 0 Å². The standard InChI is InChI=1S/C10H22O/c1-4-7-9-10(8-5-2)11-6-3/h10H,4-9H2,1-3H3. The van der Waals surface area contributed by atoms with E-state index in [0.717, 1.165) is 6.61 Å². The summed E-state index contributed by atoms with van der Waals surface area (Å²) in [6.07, 6.45) is 6.85. The van der Waals surface area contributed by atoms with Gasteiger partial charge in [-0.2, -0.15) is 0 Å². The topological polar surface area (TPSA) is 9.23 Å². The molecular weight excluding hydrogens is 136 g/mol. The first-order valence-corrected chi connectivity index (χ1v) is 4.96. The zero-order valence-electron chi connectivity index (χ0n) is 8.23. The van der Waals surface area contributed by atoms with Crippen molar-refractivity contribution in [1.29, 1.82) is 0 Å². The molecule has 0 saturated heterocycles. The number of hydrogen-bond acceptors (Lipinski definition) is 1. The van der Waals surface area contributed by atoms with Gasteiger partial charge in [-0.25, -0.2) is 0 Å². The minimum Gasteiger partial charge on any atom is -0.379 e. The highest BCUT2D eigenvalue weighted by Crippen LogP contribution is 2.10. The van der Waals surface area contributed by atoms with Crippen LogP contribution in [0.5, 0.6) is 0 Å². The van der Waals surface area contributed by atoms with E-state index in [-0.39, 0.29) is 0 Å². The van der Waals surface area contributed by atoms with Crippen molar-refractivity contribution in [3.63, 3.8) is 0 Å². The van der Waals surface area contributed by atoms with Crippen molar-refractivity contribution < 1.29 is 4.74 Å². The lowest BCUT2D eigenvalue weighted by atomic mass is 10.1. The molecular formula is C10H22O. The highest BCUT2D eigenvalue weighted by Gasteiger charge is 2.04. The Morgan fingerprint density at radius 1 is 1.00 bits per heavy atom. The highest BCUT2D eigenvalue weighted by molar-refractivity contribution is 4.56. The van der Waals surface area contributed by atoms with Crippen molar-refractivity contribution in [1.82, 2.24) is 0 Å². The summed E-state index contributed by atoms with van der Waals surface area (Å²) < 4.78 is 5.58. The number of rotatable bonds is 7. The van der Waals surface area contributed by atoms with Crippen molar-refractivity contribution in [2.24, 2.45) is 0 Å². The van der Waals surface area contributed by atoms with Crippen LogP contribution in [0, 0.1) is 0 Å². The molecule has 0 aromatic rings. The molecule has 0 aromatic carbocycles. The largest absolute Gasteiger partial charge is 0.379 e. The van der Waals surface area contributed by atoms with E-state index in [1.165, 1.54) is 32.1 Å². The predicted molar refractivity (Wildman–Crippen MR) is 49.8 cm³/mol. The molecule has 0 N–H and O–H groups in total. The fourth-order valence-electron chi connectivity index (χ4n) is 1.30. The van der Waals surface area contributed by atoms with E-state index in [9.17, 15) is 0 Å². The normalized spacial score (nSPS) is 13.4. The van der Waals surface area contributed by atoms with Gasteiger partial charge < -0.3 is 4.74 Å². The maximum Gasteiger partial charge on any atom is 0.0574 e. The van der Waals surface area contributed by atoms with E-state index in [1.807, 2.05) is 0 Å². The van der Waals surface area contributed by atoms with Crippen LogP contribution >= 0.6 is 0 Å². The minimum absolute atomic E-state index is 0.532. The molecule has 0 saturated carbocycles. The van der Waals surface area contributed by atoms with Crippen molar-refractivity contribution >= 4 is 0 Å². The second-order valence-corrected chi connectivity index (χ2v) is 3.01. The van der Waals surface area contributed by atoms with E-state index in [2.05, 4.69) is 20.8 Å². The Hall–Kier alpha value is -0.0400. The van der Waals surface area contributed by atoms with Gasteiger partial charge in [-0.15, -0.1) is 0 Å². The zero-order chi connectivity index (χ0) is 8.53. The maximum atomic E-state index is 5.58. The monoisotopic (exact) mass is 158 g/mol. The molecule has 0 spiro atoms. The molecule has 0 bridgehead atoms. The van der Waals surface area contributed by atoms with Gasteiger partial charge in [0.25, 0.3) is 0 Å². The smallest absolute Gasteiger partial charge is 0.0574 e. The molecule has 1 unspecified atom stereocenters. The molecule has 0 aliphatic rings. The quantitative estimate of drug-likeness (QED) is 0.552. The van der Waals surface area contributed by atoms with Crippen LogP contribution < -0.4 is 0 Å². The molecule has 68 valence electrons. The molecule has 0 radical (unpaired) electrons. The van der Waals surface area contributed by atoms with Gasteiger partial charge in [-0.3, -0.25) is 0 Å². The summed E-state index contributed by atoms with van der Waals surface area (Å²) in [4.78, 5) is 0. The molecule has 0 rings (SSSR count). The summed E-state index contributed by atoms with van der Waals surface area (Å²) in [5.41, 5.74) is 0. The van der Waals surface area contributed by atoms with E-state index < -0.39 is 0 Å². The summed E-state index contributed by atoms with van der Waals surface area (Å²) in [7, 11) is 0. The lowest BCUT2D eigenvalue weighted by Crippen LogP contribution is -2.12. The van der Waals surface area contributed by atoms with Gasteiger partial charge in [0.15, 0.2) is 0 Å². The lowest BCUT2D eigenvalue weighted by molar-refractivity contribution is 0.0487. The van der Waals surface area contributed by atoms with Gasteiger partial charge in [0.1, 0.15) is 0 Å². The number of unbranched alkanes of at least 4 members (excludes halogenated alkanes) is 1. The molecule has 1 heteroatoms. The van der Waals surface area contributed by atoms with Crippen molar-refractivity contribution in [2.45, 2.75) is 59.0 Å². The van der Waals surface area contributed by atoms with Crippen LogP contribution in [0.15, 0.2) is 0 Å². The van der Waals surface area contributed by atoms with Crippen LogP contribution in [0.3, 0.4) is 0 Å². The fourth-order valence-corrected chi connectivity index (χ4v) is 1.30. The average Bonchev–Trinajstić information content (AvgIpc) is 2.01. The first-order chi connectivity index (χ1) is 5.35. The van der Waals surface area contributed by atoms with Crippen molar-refractivity contribution in [2.75, 3.05) is 6.61 Å². The third-order valence-electron chi connectivity index (χ3n) is 1.89. The SMILES string of the molecule is CCCCC(CCC)OCC. The first-order valence-electron chi connectivity index (χ1n) is 4.96. The predicted octanol–water partition coefficient (Wildman–Crippen LogP) is 3.38. The maximum absolute atomic E-state index is 5.58. The highest BCUT2D eigenvalue weighted by atomic mass is 16.5.